The summed E-state index contributed by atoms with van der Waals surface area (Å²) in [5.74, 6) is 0.618. The molecule has 0 aromatic heterocycles. The minimum atomic E-state index is -3.22. The number of hydrogen-bond acceptors (Lipinski definition) is 4. The molecule has 0 amide bonds. The first kappa shape index (κ1) is 16.2. The van der Waals surface area contributed by atoms with Crippen LogP contribution in [0.5, 0.6) is 0 Å². The van der Waals surface area contributed by atoms with E-state index < -0.39 is 10.0 Å². The number of ether oxygens (including phenoxy) is 1. The van der Waals surface area contributed by atoms with Gasteiger partial charge in [-0.1, -0.05) is 20.8 Å². The maximum absolute atomic E-state index is 12.0. The minimum absolute atomic E-state index is 0.0232. The van der Waals surface area contributed by atoms with E-state index in [1.807, 2.05) is 6.92 Å². The lowest BCUT2D eigenvalue weighted by molar-refractivity contribution is -0.153. The second-order valence-corrected chi connectivity index (χ2v) is 9.75. The van der Waals surface area contributed by atoms with E-state index in [-0.39, 0.29) is 41.3 Å². The molecule has 22 heavy (non-hydrogen) atoms. The maximum Gasteiger partial charge on any atom is 0.309 e. The van der Waals surface area contributed by atoms with Gasteiger partial charge in [0.15, 0.2) is 0 Å². The van der Waals surface area contributed by atoms with Crippen LogP contribution in [-0.4, -0.2) is 32.8 Å². The van der Waals surface area contributed by atoms with E-state index in [1.54, 1.807) is 0 Å². The van der Waals surface area contributed by atoms with Gasteiger partial charge in [0, 0.05) is 17.9 Å². The second-order valence-electron chi connectivity index (χ2n) is 7.97. The van der Waals surface area contributed by atoms with Gasteiger partial charge in [-0.25, -0.2) is 13.1 Å². The van der Waals surface area contributed by atoms with Crippen LogP contribution >= 0.6 is 0 Å². The number of esters is 1. The second kappa shape index (κ2) is 5.20. The molecular weight excluding hydrogens is 302 g/mol. The van der Waals surface area contributed by atoms with Crippen LogP contribution in [0, 0.1) is 29.1 Å². The van der Waals surface area contributed by atoms with E-state index in [0.717, 1.165) is 25.7 Å². The molecular formula is C16H27NO4S. The summed E-state index contributed by atoms with van der Waals surface area (Å²) in [7, 11) is -3.22. The van der Waals surface area contributed by atoms with Crippen LogP contribution < -0.4 is 4.72 Å². The van der Waals surface area contributed by atoms with E-state index in [2.05, 4.69) is 18.6 Å². The molecule has 1 N–H and O–H groups in total. The van der Waals surface area contributed by atoms with E-state index >= 15 is 0 Å². The molecule has 0 radical (unpaired) electrons. The van der Waals surface area contributed by atoms with Gasteiger partial charge in [-0.3, -0.25) is 4.79 Å². The molecule has 0 bridgehead atoms. The van der Waals surface area contributed by atoms with Gasteiger partial charge in [0.2, 0.25) is 10.0 Å². The third-order valence-corrected chi connectivity index (χ3v) is 7.22. The number of hydrogen-bond donors (Lipinski definition) is 1. The van der Waals surface area contributed by atoms with Crippen molar-refractivity contribution >= 4 is 16.0 Å². The zero-order valence-corrected chi connectivity index (χ0v) is 14.7. The van der Waals surface area contributed by atoms with Gasteiger partial charge >= 0.3 is 5.97 Å². The number of rotatable bonds is 2. The van der Waals surface area contributed by atoms with Gasteiger partial charge in [0.1, 0.15) is 6.10 Å². The van der Waals surface area contributed by atoms with Gasteiger partial charge in [-0.15, -0.1) is 0 Å². The number of carbonyl (C=O) groups is 1. The van der Waals surface area contributed by atoms with Gasteiger partial charge < -0.3 is 4.74 Å². The first-order chi connectivity index (χ1) is 10.1. The highest BCUT2D eigenvalue weighted by Gasteiger charge is 2.58. The molecule has 0 aromatic rings. The fourth-order valence-corrected chi connectivity index (χ4v) is 6.15. The Morgan fingerprint density at radius 1 is 1.23 bits per heavy atom. The summed E-state index contributed by atoms with van der Waals surface area (Å²) in [5, 5.41) is 0. The first-order valence-electron chi connectivity index (χ1n) is 8.30. The molecule has 3 fully saturated rings. The number of carbonyl (C=O) groups excluding carboxylic acids is 1. The molecule has 126 valence electrons. The third kappa shape index (κ3) is 2.58. The number of fused-ring (bicyclic) bond motifs is 3. The van der Waals surface area contributed by atoms with E-state index in [1.165, 1.54) is 6.26 Å². The molecule has 0 aromatic carbocycles. The topological polar surface area (TPSA) is 72.5 Å². The van der Waals surface area contributed by atoms with Crippen molar-refractivity contribution in [3.05, 3.63) is 0 Å². The van der Waals surface area contributed by atoms with E-state index in [0.29, 0.717) is 5.92 Å². The van der Waals surface area contributed by atoms with Crippen molar-refractivity contribution in [3.8, 4) is 0 Å². The lowest BCUT2D eigenvalue weighted by Gasteiger charge is -2.54. The average molecular weight is 329 g/mol. The Labute approximate surface area is 133 Å². The highest BCUT2D eigenvalue weighted by atomic mass is 32.2. The van der Waals surface area contributed by atoms with Gasteiger partial charge in [0.05, 0.1) is 12.2 Å². The molecule has 5 nitrogen and oxygen atoms in total. The molecule has 1 saturated heterocycles. The number of nitrogens with one attached hydrogen (secondary N) is 1. The summed E-state index contributed by atoms with van der Waals surface area (Å²) in [6.07, 6.45) is 5.18. The van der Waals surface area contributed by atoms with Crippen molar-refractivity contribution in [1.29, 1.82) is 0 Å². The van der Waals surface area contributed by atoms with Crippen molar-refractivity contribution in [2.24, 2.45) is 29.1 Å². The minimum Gasteiger partial charge on any atom is -0.462 e. The maximum atomic E-state index is 12.0. The Bertz CT molecular complexity index is 575. The Hall–Kier alpha value is -0.620. The molecule has 0 spiro atoms. The molecule has 1 aliphatic heterocycles. The van der Waals surface area contributed by atoms with Gasteiger partial charge in [-0.2, -0.15) is 0 Å². The van der Waals surface area contributed by atoms with E-state index in [4.69, 9.17) is 4.74 Å². The molecule has 7 atom stereocenters. The quantitative estimate of drug-likeness (QED) is 0.786. The summed E-state index contributed by atoms with van der Waals surface area (Å²) in [6.45, 7) is 6.37. The fourth-order valence-electron chi connectivity index (χ4n) is 5.27. The van der Waals surface area contributed by atoms with Gasteiger partial charge in [0.25, 0.3) is 0 Å². The highest BCUT2D eigenvalue weighted by Crippen LogP contribution is 2.57. The Balaban J connectivity index is 1.88. The predicted molar refractivity (Wildman–Crippen MR) is 83.5 cm³/mol. The van der Waals surface area contributed by atoms with Gasteiger partial charge in [-0.05, 0) is 37.0 Å². The van der Waals surface area contributed by atoms with Crippen LogP contribution in [-0.2, 0) is 19.6 Å². The van der Waals surface area contributed by atoms with Crippen molar-refractivity contribution in [3.63, 3.8) is 0 Å². The Morgan fingerprint density at radius 3 is 2.50 bits per heavy atom. The lowest BCUT2D eigenvalue weighted by Crippen LogP contribution is -2.56. The SMILES string of the molecule is C[C@H]1[C@@H]2[C@H]3OC(=O)[C@@H](C)[C@@H]3CC[C@@]2(C)CC[C@@H]1NS(C)(=O)=O. The van der Waals surface area contributed by atoms with Crippen LogP contribution in [0.1, 0.15) is 46.5 Å². The summed E-state index contributed by atoms with van der Waals surface area (Å²) in [5.41, 5.74) is 0.153. The molecule has 2 aliphatic carbocycles. The van der Waals surface area contributed by atoms with Crippen molar-refractivity contribution in [2.75, 3.05) is 6.26 Å². The predicted octanol–water partition coefficient (Wildman–Crippen LogP) is 1.93. The molecule has 6 heteroatoms. The first-order valence-corrected chi connectivity index (χ1v) is 10.2. The smallest absolute Gasteiger partial charge is 0.309 e. The summed E-state index contributed by atoms with van der Waals surface area (Å²) in [6, 6.07) is -0.0542. The zero-order valence-electron chi connectivity index (χ0n) is 13.8. The highest BCUT2D eigenvalue weighted by molar-refractivity contribution is 7.88. The van der Waals surface area contributed by atoms with Crippen LogP contribution in [0.2, 0.25) is 0 Å². The van der Waals surface area contributed by atoms with Crippen molar-refractivity contribution in [1.82, 2.24) is 4.72 Å². The normalized spacial score (nSPS) is 48.5. The van der Waals surface area contributed by atoms with Crippen LogP contribution in [0.25, 0.3) is 0 Å². The molecule has 0 unspecified atom stereocenters. The zero-order chi connectivity index (χ0) is 16.3. The van der Waals surface area contributed by atoms with Crippen LogP contribution in [0.4, 0.5) is 0 Å². The molecule has 2 saturated carbocycles. The number of sulfonamides is 1. The lowest BCUT2D eigenvalue weighted by atomic mass is 9.52. The summed E-state index contributed by atoms with van der Waals surface area (Å²) in [4.78, 5) is 12.0. The van der Waals surface area contributed by atoms with Crippen molar-refractivity contribution in [2.45, 2.75) is 58.6 Å². The average Bonchev–Trinajstić information content (AvgIpc) is 2.67. The molecule has 1 heterocycles. The molecule has 3 rings (SSSR count). The van der Waals surface area contributed by atoms with Crippen molar-refractivity contribution < 1.29 is 17.9 Å². The monoisotopic (exact) mass is 329 g/mol. The van der Waals surface area contributed by atoms with Crippen LogP contribution in [0.15, 0.2) is 0 Å². The largest absolute Gasteiger partial charge is 0.462 e. The third-order valence-electron chi connectivity index (χ3n) is 6.49. The Kier molecular flexibility index (Phi) is 3.84. The Morgan fingerprint density at radius 2 is 1.86 bits per heavy atom. The van der Waals surface area contributed by atoms with Crippen LogP contribution in [0.3, 0.4) is 0 Å². The van der Waals surface area contributed by atoms with E-state index in [9.17, 15) is 13.2 Å². The standard InChI is InChI=1S/C16H27NO4S/c1-9-11-5-7-16(3)8-6-12(17-22(4,19)20)10(2)13(16)14(11)21-15(9)18/h9-14,17H,5-8H2,1-4H3/t9-,10+,11-,12-,13+,14-,16-/m0/s1. The summed E-state index contributed by atoms with van der Waals surface area (Å²) >= 11 is 0. The summed E-state index contributed by atoms with van der Waals surface area (Å²) < 4.78 is 31.8. The fraction of sp³-hybridized carbons (Fsp3) is 0.938. The molecule has 3 aliphatic rings.